The number of hydrogen-bond donors (Lipinski definition) is 2. The fourth-order valence-corrected chi connectivity index (χ4v) is 3.69. The van der Waals surface area contributed by atoms with Crippen LogP contribution in [-0.2, 0) is 6.42 Å². The van der Waals surface area contributed by atoms with Gasteiger partial charge >= 0.3 is 0 Å². The third kappa shape index (κ3) is 5.27. The predicted molar refractivity (Wildman–Crippen MR) is 132 cm³/mol. The van der Waals surface area contributed by atoms with Crippen molar-refractivity contribution in [2.24, 2.45) is 0 Å². The van der Waals surface area contributed by atoms with E-state index in [9.17, 15) is 14.4 Å². The molecule has 172 valence electrons. The Morgan fingerprint density at radius 1 is 1.06 bits per heavy atom. The Hall–Kier alpha value is -3.68. The zero-order valence-electron chi connectivity index (χ0n) is 18.0. The average molecular weight is 496 g/mol. The molecule has 0 fully saturated rings. The standard InChI is InChI=1S/C25H19Cl2N3O4/c1-34-23-12-20-16(13-28-23)10-18(24(32)29-20)25(33)30-21-11-15(5-8-19(21)27)22(31)9-4-14-2-6-17(26)7-3-14/h2-3,5-8,10-13H,4,9H2,1H3,(H,29,32)(H,30,33). The Balaban J connectivity index is 1.52. The van der Waals surface area contributed by atoms with Crippen LogP contribution in [-0.4, -0.2) is 28.8 Å². The summed E-state index contributed by atoms with van der Waals surface area (Å²) in [6.07, 6.45) is 2.32. The number of ketones is 1. The Morgan fingerprint density at radius 3 is 2.56 bits per heavy atom. The van der Waals surface area contributed by atoms with Gasteiger partial charge in [-0.1, -0.05) is 35.3 Å². The summed E-state index contributed by atoms with van der Waals surface area (Å²) in [7, 11) is 1.47. The first kappa shape index (κ1) is 23.5. The molecule has 2 N–H and O–H groups in total. The number of hydrogen-bond acceptors (Lipinski definition) is 5. The molecule has 7 nitrogen and oxygen atoms in total. The van der Waals surface area contributed by atoms with E-state index in [2.05, 4.69) is 15.3 Å². The third-order valence-corrected chi connectivity index (χ3v) is 5.83. The molecule has 4 rings (SSSR count). The third-order valence-electron chi connectivity index (χ3n) is 5.25. The second kappa shape index (κ2) is 10.1. The number of aromatic amines is 1. The molecule has 0 aliphatic rings. The number of H-pyrrole nitrogens is 1. The van der Waals surface area contributed by atoms with Gasteiger partial charge in [0.2, 0.25) is 5.88 Å². The van der Waals surface area contributed by atoms with Gasteiger partial charge in [-0.2, -0.15) is 0 Å². The van der Waals surface area contributed by atoms with Crippen LogP contribution in [0.4, 0.5) is 5.69 Å². The zero-order chi connectivity index (χ0) is 24.2. The molecule has 2 aromatic carbocycles. The highest BCUT2D eigenvalue weighted by molar-refractivity contribution is 6.34. The molecule has 0 saturated heterocycles. The molecule has 34 heavy (non-hydrogen) atoms. The first-order chi connectivity index (χ1) is 16.3. The fourth-order valence-electron chi connectivity index (χ4n) is 3.40. The van der Waals surface area contributed by atoms with E-state index in [1.807, 2.05) is 12.1 Å². The molecule has 0 aliphatic heterocycles. The van der Waals surface area contributed by atoms with Gasteiger partial charge in [-0.05, 0) is 48.4 Å². The maximum Gasteiger partial charge on any atom is 0.261 e. The van der Waals surface area contributed by atoms with Gasteiger partial charge < -0.3 is 15.0 Å². The number of rotatable bonds is 7. The number of nitrogens with zero attached hydrogens (tertiary/aromatic N) is 1. The number of pyridine rings is 2. The summed E-state index contributed by atoms with van der Waals surface area (Å²) in [6.45, 7) is 0. The fraction of sp³-hybridized carbons (Fsp3) is 0.120. The summed E-state index contributed by atoms with van der Waals surface area (Å²) in [6, 6.07) is 14.9. The summed E-state index contributed by atoms with van der Waals surface area (Å²) < 4.78 is 5.05. The van der Waals surface area contributed by atoms with Crippen LogP contribution >= 0.6 is 23.2 Å². The van der Waals surface area contributed by atoms with E-state index in [4.69, 9.17) is 27.9 Å². The van der Waals surface area contributed by atoms with Crippen molar-refractivity contribution in [3.05, 3.63) is 97.9 Å². The van der Waals surface area contributed by atoms with Gasteiger partial charge in [-0.3, -0.25) is 14.4 Å². The molecule has 0 bridgehead atoms. The van der Waals surface area contributed by atoms with E-state index < -0.39 is 11.5 Å². The number of ether oxygens (including phenoxy) is 1. The van der Waals surface area contributed by atoms with E-state index in [1.165, 1.54) is 31.5 Å². The van der Waals surface area contributed by atoms with Crippen molar-refractivity contribution in [3.63, 3.8) is 0 Å². The number of amides is 1. The molecule has 2 aromatic heterocycles. The molecule has 2 heterocycles. The highest BCUT2D eigenvalue weighted by atomic mass is 35.5. The largest absolute Gasteiger partial charge is 0.481 e. The van der Waals surface area contributed by atoms with Crippen molar-refractivity contribution in [1.29, 1.82) is 0 Å². The van der Waals surface area contributed by atoms with Crippen LogP contribution in [0.5, 0.6) is 5.88 Å². The molecule has 9 heteroatoms. The average Bonchev–Trinajstić information content (AvgIpc) is 2.83. The number of carbonyl (C=O) groups is 2. The van der Waals surface area contributed by atoms with Crippen LogP contribution in [0.25, 0.3) is 10.9 Å². The van der Waals surface area contributed by atoms with Gasteiger partial charge in [0.1, 0.15) is 5.56 Å². The van der Waals surface area contributed by atoms with E-state index in [0.29, 0.717) is 33.8 Å². The lowest BCUT2D eigenvalue weighted by Crippen LogP contribution is -2.23. The van der Waals surface area contributed by atoms with Gasteiger partial charge in [-0.25, -0.2) is 4.98 Å². The maximum atomic E-state index is 12.8. The molecule has 4 aromatic rings. The SMILES string of the molecule is COc1cc2[nH]c(=O)c(C(=O)Nc3cc(C(=O)CCc4ccc(Cl)cc4)ccc3Cl)cc2cn1. The lowest BCUT2D eigenvalue weighted by atomic mass is 10.0. The number of aromatic nitrogens is 2. The molecule has 0 spiro atoms. The van der Waals surface area contributed by atoms with Crippen molar-refractivity contribution < 1.29 is 14.3 Å². The maximum absolute atomic E-state index is 12.8. The first-order valence-electron chi connectivity index (χ1n) is 10.3. The van der Waals surface area contributed by atoms with Crippen LogP contribution in [0.3, 0.4) is 0 Å². The summed E-state index contributed by atoms with van der Waals surface area (Å²) in [5.74, 6) is -0.429. The Kier molecular flexibility index (Phi) is 6.95. The molecule has 0 radical (unpaired) electrons. The van der Waals surface area contributed by atoms with Crippen molar-refractivity contribution >= 4 is 51.5 Å². The lowest BCUT2D eigenvalue weighted by Gasteiger charge is -2.10. The van der Waals surface area contributed by atoms with Crippen LogP contribution < -0.4 is 15.6 Å². The number of carbonyl (C=O) groups excluding carboxylic acids is 2. The second-order valence-electron chi connectivity index (χ2n) is 7.52. The molecular formula is C25H19Cl2N3O4. The molecule has 0 saturated carbocycles. The van der Waals surface area contributed by atoms with E-state index in [-0.39, 0.29) is 28.5 Å². The van der Waals surface area contributed by atoms with Crippen molar-refractivity contribution in [3.8, 4) is 5.88 Å². The van der Waals surface area contributed by atoms with Gasteiger partial charge in [0.05, 0.1) is 23.3 Å². The predicted octanol–water partition coefficient (Wildman–Crippen LogP) is 5.31. The van der Waals surface area contributed by atoms with E-state index in [0.717, 1.165) is 5.56 Å². The van der Waals surface area contributed by atoms with Crippen LogP contribution in [0.1, 0.15) is 32.7 Å². The quantitative estimate of drug-likeness (QED) is 0.338. The highest BCUT2D eigenvalue weighted by Gasteiger charge is 2.16. The zero-order valence-corrected chi connectivity index (χ0v) is 19.5. The summed E-state index contributed by atoms with van der Waals surface area (Å²) >= 11 is 12.1. The van der Waals surface area contributed by atoms with Crippen molar-refractivity contribution in [2.75, 3.05) is 12.4 Å². The smallest absolute Gasteiger partial charge is 0.261 e. The number of nitrogens with one attached hydrogen (secondary N) is 2. The number of fused-ring (bicyclic) bond motifs is 1. The normalized spacial score (nSPS) is 10.8. The molecule has 0 aliphatic carbocycles. The Morgan fingerprint density at radius 2 is 1.82 bits per heavy atom. The molecule has 0 unspecified atom stereocenters. The number of benzene rings is 2. The number of halogens is 2. The van der Waals surface area contributed by atoms with Crippen LogP contribution in [0.15, 0.2) is 65.6 Å². The molecular weight excluding hydrogens is 477 g/mol. The second-order valence-corrected chi connectivity index (χ2v) is 8.37. The van der Waals surface area contributed by atoms with Crippen LogP contribution in [0, 0.1) is 0 Å². The van der Waals surface area contributed by atoms with Crippen molar-refractivity contribution in [2.45, 2.75) is 12.8 Å². The molecule has 1 amide bonds. The Labute approximate surface area is 204 Å². The van der Waals surface area contributed by atoms with Gasteiger partial charge in [0.15, 0.2) is 5.78 Å². The Bertz CT molecular complexity index is 1450. The minimum absolute atomic E-state index is 0.106. The van der Waals surface area contributed by atoms with Crippen LogP contribution in [0.2, 0.25) is 10.0 Å². The van der Waals surface area contributed by atoms with Gasteiger partial charge in [-0.15, -0.1) is 0 Å². The summed E-state index contributed by atoms with van der Waals surface area (Å²) in [4.78, 5) is 44.8. The number of Topliss-reactive ketones (excluding diaryl/α,β-unsaturated/α-hetero) is 1. The van der Waals surface area contributed by atoms with Gasteiger partial charge in [0.25, 0.3) is 11.5 Å². The van der Waals surface area contributed by atoms with E-state index >= 15 is 0 Å². The monoisotopic (exact) mass is 495 g/mol. The topological polar surface area (TPSA) is 101 Å². The van der Waals surface area contributed by atoms with E-state index in [1.54, 1.807) is 24.3 Å². The number of methoxy groups -OCH3 is 1. The summed E-state index contributed by atoms with van der Waals surface area (Å²) in [5, 5.41) is 4.06. The number of aryl methyl sites for hydroxylation is 1. The lowest BCUT2D eigenvalue weighted by molar-refractivity contribution is 0.0980. The first-order valence-corrected chi connectivity index (χ1v) is 11.1. The van der Waals surface area contributed by atoms with Crippen molar-refractivity contribution in [1.82, 2.24) is 9.97 Å². The molecule has 0 atom stereocenters. The summed E-state index contributed by atoms with van der Waals surface area (Å²) in [5.41, 5.74) is 1.41. The minimum Gasteiger partial charge on any atom is -0.481 e. The highest BCUT2D eigenvalue weighted by Crippen LogP contribution is 2.25. The number of anilines is 1. The minimum atomic E-state index is -0.661. The van der Waals surface area contributed by atoms with Gasteiger partial charge in [0, 0.05) is 34.7 Å².